The summed E-state index contributed by atoms with van der Waals surface area (Å²) in [5, 5.41) is 10.5. The quantitative estimate of drug-likeness (QED) is 0.128. The van der Waals surface area contributed by atoms with Crippen molar-refractivity contribution in [2.75, 3.05) is 5.73 Å². The minimum Gasteiger partial charge on any atom is -0.382 e. The van der Waals surface area contributed by atoms with E-state index in [0.717, 1.165) is 65.4 Å². The van der Waals surface area contributed by atoms with E-state index >= 15 is 0 Å². The predicted octanol–water partition coefficient (Wildman–Crippen LogP) is 2.06. The molecule has 2 aromatic carbocycles. The minimum absolute atomic E-state index is 0.104. The summed E-state index contributed by atoms with van der Waals surface area (Å²) in [4.78, 5) is 4.96. The molecule has 1 saturated carbocycles. The Hall–Kier alpha value is -2.57. The number of fused-ring (bicyclic) bond motifs is 1. The maximum absolute atomic E-state index is 12.8. The molecule has 1 atom stereocenters. The Labute approximate surface area is 199 Å². The maximum Gasteiger partial charge on any atom is 0.181 e. The van der Waals surface area contributed by atoms with Crippen molar-refractivity contribution >= 4 is 43.5 Å². The number of para-hydroxylation sites is 1. The lowest BCUT2D eigenvalue weighted by atomic mass is 9.83. The molecule has 11 N–H and O–H groups in total. The van der Waals surface area contributed by atoms with Crippen LogP contribution in [0.25, 0.3) is 21.3 Å². The highest BCUT2D eigenvalue weighted by molar-refractivity contribution is 7.82. The fourth-order valence-corrected chi connectivity index (χ4v) is 6.28. The number of hydrogen-bond donors (Lipinski definition) is 6. The van der Waals surface area contributed by atoms with Gasteiger partial charge in [0.25, 0.3) is 0 Å². The molecule has 0 bridgehead atoms. The molecule has 176 valence electrons. The normalized spacial score (nSPS) is 20.2. The Bertz CT molecular complexity index is 1200. The summed E-state index contributed by atoms with van der Waals surface area (Å²) >= 11 is 1.40. The SMILES string of the molecule is NN/N=C(\N)c1c(-c2cccc3sc(N)nc23)ccc(CCC2CCC(N)CC2)c1S(N)=O. The first kappa shape index (κ1) is 23.6. The highest BCUT2D eigenvalue weighted by atomic mass is 32.2. The lowest BCUT2D eigenvalue weighted by Crippen LogP contribution is -2.27. The number of benzene rings is 2. The third kappa shape index (κ3) is 5.02. The molecule has 33 heavy (non-hydrogen) atoms. The maximum atomic E-state index is 12.8. The number of amidine groups is 1. The molecule has 1 unspecified atom stereocenters. The number of nitrogens with zero attached hydrogens (tertiary/aromatic N) is 2. The predicted molar refractivity (Wildman–Crippen MR) is 136 cm³/mol. The van der Waals surface area contributed by atoms with Gasteiger partial charge in [0.05, 0.1) is 15.1 Å². The van der Waals surface area contributed by atoms with E-state index in [0.29, 0.717) is 27.6 Å². The van der Waals surface area contributed by atoms with Gasteiger partial charge in [-0.25, -0.2) is 25.7 Å². The van der Waals surface area contributed by atoms with Crippen LogP contribution in [-0.2, 0) is 17.4 Å². The van der Waals surface area contributed by atoms with Gasteiger partial charge in [0.2, 0.25) is 0 Å². The van der Waals surface area contributed by atoms with Crippen LogP contribution in [-0.4, -0.2) is 21.1 Å². The standard InChI is InChI=1S/C22H30N8OS2/c23-14-9-5-12(6-10-14)4-7-13-8-11-15(18(20(13)33(27)31)21(24)29-30-26)16-2-1-3-17-19(16)28-22(25)32-17/h1-3,8,11-12,14,30H,4-7,9-10,23,26-27H2,(H2,24,29)(H2,25,28). The van der Waals surface area contributed by atoms with Crippen molar-refractivity contribution in [1.29, 1.82) is 0 Å². The number of hydrazone groups is 1. The van der Waals surface area contributed by atoms with Crippen LogP contribution in [0.4, 0.5) is 5.13 Å². The van der Waals surface area contributed by atoms with Gasteiger partial charge in [-0.1, -0.05) is 35.6 Å². The number of nitrogens with one attached hydrogen (secondary N) is 1. The van der Waals surface area contributed by atoms with E-state index in [-0.39, 0.29) is 5.84 Å². The lowest BCUT2D eigenvalue weighted by molar-refractivity contribution is 0.310. The van der Waals surface area contributed by atoms with Gasteiger partial charge in [-0.05, 0) is 61.6 Å². The molecule has 0 spiro atoms. The second-order valence-corrected chi connectivity index (χ2v) is 10.5. The molecule has 9 nitrogen and oxygen atoms in total. The monoisotopic (exact) mass is 486 g/mol. The Balaban J connectivity index is 1.81. The lowest BCUT2D eigenvalue weighted by Gasteiger charge is -2.26. The van der Waals surface area contributed by atoms with Crippen molar-refractivity contribution in [2.24, 2.45) is 33.5 Å². The van der Waals surface area contributed by atoms with E-state index in [1.807, 2.05) is 30.3 Å². The summed E-state index contributed by atoms with van der Waals surface area (Å²) in [7, 11) is -1.79. The first-order chi connectivity index (χ1) is 15.9. The van der Waals surface area contributed by atoms with E-state index in [9.17, 15) is 4.21 Å². The van der Waals surface area contributed by atoms with E-state index in [4.69, 9.17) is 28.2 Å². The van der Waals surface area contributed by atoms with Crippen molar-refractivity contribution < 1.29 is 4.21 Å². The molecule has 3 aromatic rings. The summed E-state index contributed by atoms with van der Waals surface area (Å²) in [5.74, 6) is 6.12. The number of rotatable bonds is 7. The molecule has 1 aromatic heterocycles. The molecule has 1 aliphatic carbocycles. The molecule has 0 aliphatic heterocycles. The number of nitrogen functional groups attached to an aromatic ring is 1. The molecule has 0 radical (unpaired) electrons. The van der Waals surface area contributed by atoms with E-state index < -0.39 is 11.0 Å². The zero-order valence-electron chi connectivity index (χ0n) is 18.3. The zero-order chi connectivity index (χ0) is 23.5. The van der Waals surface area contributed by atoms with Gasteiger partial charge >= 0.3 is 0 Å². The molecular weight excluding hydrogens is 456 g/mol. The largest absolute Gasteiger partial charge is 0.382 e. The second-order valence-electron chi connectivity index (χ2n) is 8.42. The van der Waals surface area contributed by atoms with Crippen LogP contribution in [0.3, 0.4) is 0 Å². The van der Waals surface area contributed by atoms with Gasteiger partial charge in [0, 0.05) is 17.2 Å². The number of thiazole rings is 1. The number of hydrazine groups is 1. The molecule has 1 aliphatic rings. The number of anilines is 1. The van der Waals surface area contributed by atoms with Crippen LogP contribution in [0, 0.1) is 5.92 Å². The molecule has 11 heteroatoms. The van der Waals surface area contributed by atoms with E-state index in [2.05, 4.69) is 15.6 Å². The molecule has 4 rings (SSSR count). The van der Waals surface area contributed by atoms with Crippen LogP contribution < -0.4 is 33.7 Å². The molecule has 1 heterocycles. The van der Waals surface area contributed by atoms with E-state index in [1.165, 1.54) is 11.3 Å². The van der Waals surface area contributed by atoms with Crippen LogP contribution in [0.2, 0.25) is 0 Å². The third-order valence-corrected chi connectivity index (χ3v) is 8.04. The van der Waals surface area contributed by atoms with Crippen LogP contribution >= 0.6 is 11.3 Å². The van der Waals surface area contributed by atoms with Crippen LogP contribution in [0.1, 0.15) is 43.2 Å². The summed E-state index contributed by atoms with van der Waals surface area (Å²) in [5.41, 5.74) is 24.2. The van der Waals surface area contributed by atoms with Gasteiger partial charge in [-0.2, -0.15) is 0 Å². The Morgan fingerprint density at radius 2 is 1.94 bits per heavy atom. The highest BCUT2D eigenvalue weighted by Crippen LogP contribution is 2.37. The third-order valence-electron chi connectivity index (χ3n) is 6.32. The van der Waals surface area contributed by atoms with E-state index in [1.54, 1.807) is 0 Å². The molecular formula is C22H30N8OS2. The molecule has 1 fully saturated rings. The van der Waals surface area contributed by atoms with Crippen molar-refractivity contribution in [3.05, 3.63) is 41.5 Å². The summed E-state index contributed by atoms with van der Waals surface area (Å²) in [6, 6.07) is 10.1. The average Bonchev–Trinajstić information content (AvgIpc) is 3.18. The summed E-state index contributed by atoms with van der Waals surface area (Å²) in [6.07, 6.45) is 6.03. The van der Waals surface area contributed by atoms with Crippen LogP contribution in [0.5, 0.6) is 0 Å². The van der Waals surface area contributed by atoms with Crippen molar-refractivity contribution in [3.8, 4) is 11.1 Å². The zero-order valence-corrected chi connectivity index (χ0v) is 19.9. The fourth-order valence-electron chi connectivity index (χ4n) is 4.68. The average molecular weight is 487 g/mol. The first-order valence-corrected chi connectivity index (χ1v) is 12.9. The van der Waals surface area contributed by atoms with Gasteiger partial charge < -0.3 is 17.2 Å². The van der Waals surface area contributed by atoms with Gasteiger partial charge in [0.15, 0.2) is 11.0 Å². The Morgan fingerprint density at radius 3 is 2.64 bits per heavy atom. The molecule has 0 saturated heterocycles. The Kier molecular flexibility index (Phi) is 7.25. The summed E-state index contributed by atoms with van der Waals surface area (Å²) < 4.78 is 13.8. The number of aromatic nitrogens is 1. The Morgan fingerprint density at radius 1 is 1.18 bits per heavy atom. The van der Waals surface area contributed by atoms with Crippen molar-refractivity contribution in [2.45, 2.75) is 49.5 Å². The minimum atomic E-state index is -1.79. The van der Waals surface area contributed by atoms with Crippen molar-refractivity contribution in [3.63, 3.8) is 0 Å². The molecule has 0 amide bonds. The van der Waals surface area contributed by atoms with Crippen LogP contribution in [0.15, 0.2) is 40.3 Å². The highest BCUT2D eigenvalue weighted by Gasteiger charge is 2.24. The topological polar surface area (TPSA) is 184 Å². The smallest absolute Gasteiger partial charge is 0.181 e. The number of nitrogens with two attached hydrogens (primary N) is 5. The van der Waals surface area contributed by atoms with Gasteiger partial charge in [-0.3, -0.25) is 0 Å². The van der Waals surface area contributed by atoms with Gasteiger partial charge in [-0.15, -0.1) is 5.10 Å². The second kappa shape index (κ2) is 10.1. The van der Waals surface area contributed by atoms with Gasteiger partial charge in [0.1, 0.15) is 11.0 Å². The number of aryl methyl sites for hydroxylation is 1. The number of hydrogen-bond acceptors (Lipinski definition) is 8. The fraction of sp³-hybridized carbons (Fsp3) is 0.364. The first-order valence-electron chi connectivity index (χ1n) is 10.9. The van der Waals surface area contributed by atoms with Crippen molar-refractivity contribution in [1.82, 2.24) is 10.5 Å². The summed E-state index contributed by atoms with van der Waals surface area (Å²) in [6.45, 7) is 0.